The third kappa shape index (κ3) is 2.29. The van der Waals surface area contributed by atoms with Crippen LogP contribution in [0.15, 0.2) is 29.3 Å². The molecule has 19 heavy (non-hydrogen) atoms. The van der Waals surface area contributed by atoms with Crippen molar-refractivity contribution in [2.75, 3.05) is 0 Å². The van der Waals surface area contributed by atoms with Gasteiger partial charge in [-0.2, -0.15) is 5.26 Å². The largest absolute Gasteiger partial charge is 0.244 e. The Morgan fingerprint density at radius 1 is 1.26 bits per heavy atom. The van der Waals surface area contributed by atoms with Gasteiger partial charge in [-0.15, -0.1) is 11.3 Å². The molecule has 0 fully saturated rings. The van der Waals surface area contributed by atoms with E-state index in [1.54, 1.807) is 29.7 Å². The lowest BCUT2D eigenvalue weighted by Crippen LogP contribution is -1.82. The molecule has 1 heterocycles. The topological polar surface area (TPSA) is 36.1 Å². The molecule has 1 aliphatic carbocycles. The third-order valence-electron chi connectivity index (χ3n) is 3.22. The molecule has 4 heteroatoms. The highest BCUT2D eigenvalue weighted by molar-refractivity contribution is 7.16. The fourth-order valence-corrected chi connectivity index (χ4v) is 3.46. The van der Waals surface area contributed by atoms with Crippen molar-refractivity contribution < 1.29 is 4.39 Å². The van der Waals surface area contributed by atoms with Crippen LogP contribution in [0.25, 0.3) is 0 Å². The quantitative estimate of drug-likeness (QED) is 0.760. The number of halogens is 1. The Kier molecular flexibility index (Phi) is 3.14. The molecule has 0 N–H and O–H groups in total. The van der Waals surface area contributed by atoms with Crippen molar-refractivity contribution in [2.24, 2.45) is 4.99 Å². The van der Waals surface area contributed by atoms with Gasteiger partial charge in [0.15, 0.2) is 0 Å². The van der Waals surface area contributed by atoms with Gasteiger partial charge in [0.2, 0.25) is 0 Å². The summed E-state index contributed by atoms with van der Waals surface area (Å²) in [5, 5.41) is 10.0. The Morgan fingerprint density at radius 2 is 2.05 bits per heavy atom. The fourth-order valence-electron chi connectivity index (χ4n) is 2.28. The first-order chi connectivity index (χ1) is 9.28. The van der Waals surface area contributed by atoms with Crippen LogP contribution in [0.1, 0.15) is 28.0 Å². The second-order valence-electron chi connectivity index (χ2n) is 4.46. The lowest BCUT2D eigenvalue weighted by Gasteiger charge is -1.94. The van der Waals surface area contributed by atoms with Gasteiger partial charge in [-0.1, -0.05) is 12.1 Å². The molecular formula is C15H11FN2S. The van der Waals surface area contributed by atoms with Crippen molar-refractivity contribution in [3.05, 3.63) is 51.7 Å². The number of aliphatic imine (C=N–C) groups is 1. The average Bonchev–Trinajstić information content (AvgIpc) is 2.98. The normalized spacial score (nSPS) is 13.7. The molecule has 0 bridgehead atoms. The van der Waals surface area contributed by atoms with E-state index >= 15 is 0 Å². The molecule has 1 aliphatic rings. The van der Waals surface area contributed by atoms with Crippen LogP contribution < -0.4 is 0 Å². The van der Waals surface area contributed by atoms with Gasteiger partial charge in [0.25, 0.3) is 0 Å². The highest BCUT2D eigenvalue weighted by Crippen LogP contribution is 2.40. The molecule has 0 saturated carbocycles. The van der Waals surface area contributed by atoms with Gasteiger partial charge < -0.3 is 0 Å². The second kappa shape index (κ2) is 4.94. The number of rotatable bonds is 2. The summed E-state index contributed by atoms with van der Waals surface area (Å²) < 4.78 is 12.8. The van der Waals surface area contributed by atoms with Crippen LogP contribution in [0.4, 0.5) is 9.39 Å². The molecule has 0 radical (unpaired) electrons. The zero-order valence-electron chi connectivity index (χ0n) is 10.2. The molecule has 0 saturated heterocycles. The van der Waals surface area contributed by atoms with E-state index in [0.717, 1.165) is 35.4 Å². The van der Waals surface area contributed by atoms with E-state index < -0.39 is 0 Å². The van der Waals surface area contributed by atoms with Gasteiger partial charge in [0.1, 0.15) is 16.9 Å². The van der Waals surface area contributed by atoms with Gasteiger partial charge in [-0.05, 0) is 42.5 Å². The lowest BCUT2D eigenvalue weighted by atomic mass is 10.1. The molecular weight excluding hydrogens is 259 g/mol. The third-order valence-corrected chi connectivity index (χ3v) is 4.42. The molecule has 1 aromatic heterocycles. The number of hydrogen-bond acceptors (Lipinski definition) is 3. The van der Waals surface area contributed by atoms with Gasteiger partial charge in [-0.25, -0.2) is 9.38 Å². The smallest absolute Gasteiger partial charge is 0.134 e. The average molecular weight is 270 g/mol. The molecule has 0 aliphatic heterocycles. The molecule has 94 valence electrons. The molecule has 0 atom stereocenters. The molecule has 0 amide bonds. The van der Waals surface area contributed by atoms with Crippen LogP contribution in [-0.2, 0) is 12.8 Å². The summed E-state index contributed by atoms with van der Waals surface area (Å²) in [6, 6.07) is 8.41. The van der Waals surface area contributed by atoms with Crippen molar-refractivity contribution in [2.45, 2.75) is 19.3 Å². The van der Waals surface area contributed by atoms with E-state index in [4.69, 9.17) is 0 Å². The van der Waals surface area contributed by atoms with E-state index in [1.807, 2.05) is 0 Å². The minimum atomic E-state index is -0.259. The predicted molar refractivity (Wildman–Crippen MR) is 74.7 cm³/mol. The number of nitriles is 1. The van der Waals surface area contributed by atoms with Gasteiger partial charge >= 0.3 is 0 Å². The second-order valence-corrected chi connectivity index (χ2v) is 5.54. The summed E-state index contributed by atoms with van der Waals surface area (Å²) in [4.78, 5) is 5.68. The van der Waals surface area contributed by atoms with E-state index in [2.05, 4.69) is 11.1 Å². The summed E-state index contributed by atoms with van der Waals surface area (Å²) in [5.74, 6) is -0.259. The highest BCUT2D eigenvalue weighted by atomic mass is 32.1. The van der Waals surface area contributed by atoms with Gasteiger partial charge in [-0.3, -0.25) is 0 Å². The summed E-state index contributed by atoms with van der Waals surface area (Å²) in [6.07, 6.45) is 4.86. The zero-order valence-corrected chi connectivity index (χ0v) is 11.0. The molecule has 2 nitrogen and oxygen atoms in total. The maximum atomic E-state index is 12.8. The summed E-state index contributed by atoms with van der Waals surface area (Å²) in [6.45, 7) is 0. The molecule has 2 aromatic rings. The summed E-state index contributed by atoms with van der Waals surface area (Å²) in [5.41, 5.74) is 2.73. The van der Waals surface area contributed by atoms with E-state index in [1.165, 1.54) is 22.6 Å². The molecule has 3 rings (SSSR count). The number of benzene rings is 1. The minimum absolute atomic E-state index is 0.259. The van der Waals surface area contributed by atoms with E-state index in [-0.39, 0.29) is 5.82 Å². The van der Waals surface area contributed by atoms with Crippen molar-refractivity contribution in [3.63, 3.8) is 0 Å². The Morgan fingerprint density at radius 3 is 2.79 bits per heavy atom. The monoisotopic (exact) mass is 270 g/mol. The van der Waals surface area contributed by atoms with Crippen LogP contribution in [0, 0.1) is 17.1 Å². The Bertz CT molecular complexity index is 677. The van der Waals surface area contributed by atoms with E-state index in [9.17, 15) is 9.65 Å². The summed E-state index contributed by atoms with van der Waals surface area (Å²) >= 11 is 1.60. The van der Waals surface area contributed by atoms with Crippen molar-refractivity contribution in [1.29, 1.82) is 5.26 Å². The predicted octanol–water partition coefficient (Wildman–Crippen LogP) is 4.00. The van der Waals surface area contributed by atoms with Crippen molar-refractivity contribution >= 4 is 22.6 Å². The van der Waals surface area contributed by atoms with Gasteiger partial charge in [0, 0.05) is 11.1 Å². The zero-order chi connectivity index (χ0) is 13.2. The first kappa shape index (κ1) is 12.1. The van der Waals surface area contributed by atoms with Crippen LogP contribution >= 0.6 is 11.3 Å². The Balaban J connectivity index is 1.92. The van der Waals surface area contributed by atoms with Gasteiger partial charge in [0.05, 0.1) is 5.56 Å². The van der Waals surface area contributed by atoms with Crippen molar-refractivity contribution in [3.8, 4) is 6.07 Å². The van der Waals surface area contributed by atoms with Crippen LogP contribution in [0.5, 0.6) is 0 Å². The number of thiophene rings is 1. The molecule has 0 unspecified atom stereocenters. The lowest BCUT2D eigenvalue weighted by molar-refractivity contribution is 0.628. The Hall–Kier alpha value is -1.99. The standard InChI is InChI=1S/C15H11FN2S/c16-11-6-4-10(5-7-11)9-18-15-13(8-17)12-2-1-3-14(12)19-15/h4-7,9H,1-3H2. The SMILES string of the molecule is N#Cc1c(N=Cc2ccc(F)cc2)sc2c1CCC2. The minimum Gasteiger partial charge on any atom is -0.244 e. The van der Waals surface area contributed by atoms with Crippen LogP contribution in [-0.4, -0.2) is 6.21 Å². The maximum Gasteiger partial charge on any atom is 0.134 e. The van der Waals surface area contributed by atoms with Crippen molar-refractivity contribution in [1.82, 2.24) is 0 Å². The summed E-state index contributed by atoms with van der Waals surface area (Å²) in [7, 11) is 0. The molecule has 0 spiro atoms. The van der Waals surface area contributed by atoms with Crippen LogP contribution in [0.3, 0.4) is 0 Å². The first-order valence-corrected chi connectivity index (χ1v) is 6.94. The first-order valence-electron chi connectivity index (χ1n) is 6.12. The van der Waals surface area contributed by atoms with Crippen LogP contribution in [0.2, 0.25) is 0 Å². The maximum absolute atomic E-state index is 12.8. The Labute approximate surface area is 114 Å². The number of aryl methyl sites for hydroxylation is 1. The number of nitrogens with zero attached hydrogens (tertiary/aromatic N) is 2. The number of hydrogen-bond donors (Lipinski definition) is 0. The highest BCUT2D eigenvalue weighted by Gasteiger charge is 2.21. The van der Waals surface area contributed by atoms with E-state index in [0.29, 0.717) is 0 Å². The fraction of sp³-hybridized carbons (Fsp3) is 0.200. The molecule has 1 aromatic carbocycles. The number of fused-ring (bicyclic) bond motifs is 1.